The summed E-state index contributed by atoms with van der Waals surface area (Å²) < 4.78 is 45.0. The van der Waals surface area contributed by atoms with Crippen LogP contribution in [0.25, 0.3) is 0 Å². The molecule has 0 saturated heterocycles. The molecule has 0 N–H and O–H groups in total. The van der Waals surface area contributed by atoms with Gasteiger partial charge in [0, 0.05) is 16.9 Å². The minimum Gasteiger partial charge on any atom is -0.224 e. The van der Waals surface area contributed by atoms with Gasteiger partial charge in [0.1, 0.15) is 0 Å². The quantitative estimate of drug-likeness (QED) is 0.799. The predicted octanol–water partition coefficient (Wildman–Crippen LogP) is 2.61. The molecule has 0 unspecified atom stereocenters. The van der Waals surface area contributed by atoms with Crippen LogP contribution in [0.3, 0.4) is 0 Å². The molecule has 21 heavy (non-hydrogen) atoms. The van der Waals surface area contributed by atoms with Gasteiger partial charge in [-0.3, -0.25) is 0 Å². The van der Waals surface area contributed by atoms with Crippen LogP contribution in [0.4, 0.5) is 0 Å². The lowest BCUT2D eigenvalue weighted by atomic mass is 10.1. The van der Waals surface area contributed by atoms with Crippen molar-refractivity contribution in [3.63, 3.8) is 0 Å². The number of hydrogen-bond donors (Lipinski definition) is 0. The first-order chi connectivity index (χ1) is 9.66. The summed E-state index contributed by atoms with van der Waals surface area (Å²) in [5, 5.41) is 0. The van der Waals surface area contributed by atoms with Gasteiger partial charge in [-0.25, -0.2) is 16.8 Å². The standard InChI is InChI=1S/C14H13ClO4S2/c1-20(16,17)13-6-2-11(3-7-13)10-12-4-8-14(9-5-12)21(15,18)19/h2-9H,10H2,1H3. The molecule has 0 saturated carbocycles. The summed E-state index contributed by atoms with van der Waals surface area (Å²) in [5.74, 6) is 0. The Morgan fingerprint density at radius 1 is 0.762 bits per heavy atom. The van der Waals surface area contributed by atoms with E-state index in [0.29, 0.717) is 6.42 Å². The highest BCUT2D eigenvalue weighted by atomic mass is 35.7. The topological polar surface area (TPSA) is 68.3 Å². The van der Waals surface area contributed by atoms with Gasteiger partial charge in [-0.2, -0.15) is 0 Å². The van der Waals surface area contributed by atoms with Crippen molar-refractivity contribution in [1.82, 2.24) is 0 Å². The van der Waals surface area contributed by atoms with Crippen molar-refractivity contribution in [2.45, 2.75) is 16.2 Å². The van der Waals surface area contributed by atoms with E-state index < -0.39 is 18.9 Å². The molecule has 0 heterocycles. The molecule has 2 aromatic rings. The van der Waals surface area contributed by atoms with Crippen molar-refractivity contribution in [3.8, 4) is 0 Å². The largest absolute Gasteiger partial charge is 0.261 e. The smallest absolute Gasteiger partial charge is 0.224 e. The fourth-order valence-electron chi connectivity index (χ4n) is 1.86. The van der Waals surface area contributed by atoms with Crippen molar-refractivity contribution in [3.05, 3.63) is 59.7 Å². The molecule has 0 bridgehead atoms. The van der Waals surface area contributed by atoms with Crippen LogP contribution < -0.4 is 0 Å². The van der Waals surface area contributed by atoms with E-state index in [-0.39, 0.29) is 9.79 Å². The average molecular weight is 345 g/mol. The Bertz CT molecular complexity index is 763. The number of benzene rings is 2. The van der Waals surface area contributed by atoms with Crippen LogP contribution in [-0.4, -0.2) is 23.1 Å². The minimum absolute atomic E-state index is 0.0559. The van der Waals surface area contributed by atoms with E-state index in [9.17, 15) is 16.8 Å². The number of sulfone groups is 1. The molecule has 0 aliphatic heterocycles. The molecule has 0 aliphatic rings. The third-order valence-corrected chi connectivity index (χ3v) is 5.46. The van der Waals surface area contributed by atoms with E-state index in [2.05, 4.69) is 0 Å². The van der Waals surface area contributed by atoms with Gasteiger partial charge in [0.05, 0.1) is 9.79 Å². The lowest BCUT2D eigenvalue weighted by Crippen LogP contribution is -1.97. The van der Waals surface area contributed by atoms with Gasteiger partial charge in [-0.1, -0.05) is 24.3 Å². The van der Waals surface area contributed by atoms with E-state index in [4.69, 9.17) is 10.7 Å². The highest BCUT2D eigenvalue weighted by molar-refractivity contribution is 8.13. The fraction of sp³-hybridized carbons (Fsp3) is 0.143. The van der Waals surface area contributed by atoms with Crippen LogP contribution >= 0.6 is 10.7 Å². The molecule has 2 aromatic carbocycles. The molecule has 0 aromatic heterocycles. The second kappa shape index (κ2) is 5.79. The Morgan fingerprint density at radius 3 is 1.48 bits per heavy atom. The third kappa shape index (κ3) is 4.30. The maximum absolute atomic E-state index is 11.4. The van der Waals surface area contributed by atoms with Gasteiger partial charge in [0.2, 0.25) is 0 Å². The SMILES string of the molecule is CS(=O)(=O)c1ccc(Cc2ccc(S(=O)(=O)Cl)cc2)cc1. The molecule has 0 fully saturated rings. The van der Waals surface area contributed by atoms with Gasteiger partial charge in [-0.05, 0) is 41.8 Å². The van der Waals surface area contributed by atoms with Gasteiger partial charge in [0.15, 0.2) is 9.84 Å². The second-order valence-corrected chi connectivity index (χ2v) is 9.26. The lowest BCUT2D eigenvalue weighted by Gasteiger charge is -2.04. The van der Waals surface area contributed by atoms with Crippen LogP contribution in [0.5, 0.6) is 0 Å². The van der Waals surface area contributed by atoms with Crippen LogP contribution in [0.1, 0.15) is 11.1 Å². The Labute approximate surface area is 128 Å². The molecule has 7 heteroatoms. The van der Waals surface area contributed by atoms with E-state index >= 15 is 0 Å². The molecule has 0 atom stereocenters. The molecule has 112 valence electrons. The Kier molecular flexibility index (Phi) is 4.41. The van der Waals surface area contributed by atoms with Gasteiger partial charge in [0.25, 0.3) is 9.05 Å². The Hall–Kier alpha value is -1.37. The third-order valence-electron chi connectivity index (χ3n) is 2.96. The molecule has 4 nitrogen and oxygen atoms in total. The number of rotatable bonds is 4. The van der Waals surface area contributed by atoms with Gasteiger partial charge < -0.3 is 0 Å². The molecule has 0 aliphatic carbocycles. The molecular formula is C14H13ClO4S2. The molecule has 0 radical (unpaired) electrons. The van der Waals surface area contributed by atoms with E-state index in [1.807, 2.05) is 0 Å². The first-order valence-corrected chi connectivity index (χ1v) is 10.2. The molecule has 0 spiro atoms. The Balaban J connectivity index is 2.19. The first kappa shape index (κ1) is 16.0. The summed E-state index contributed by atoms with van der Waals surface area (Å²) in [5.41, 5.74) is 1.84. The monoisotopic (exact) mass is 344 g/mol. The summed E-state index contributed by atoms with van der Waals surface area (Å²) in [6, 6.07) is 12.8. The first-order valence-electron chi connectivity index (χ1n) is 5.99. The summed E-state index contributed by atoms with van der Waals surface area (Å²) in [7, 11) is -1.66. The Morgan fingerprint density at radius 2 is 1.14 bits per heavy atom. The molecule has 0 amide bonds. The van der Waals surface area contributed by atoms with Crippen LogP contribution in [0.2, 0.25) is 0 Å². The normalized spacial score (nSPS) is 12.3. The minimum atomic E-state index is -3.71. The van der Waals surface area contributed by atoms with Crippen molar-refractivity contribution in [2.75, 3.05) is 6.26 Å². The maximum Gasteiger partial charge on any atom is 0.261 e. The molecular weight excluding hydrogens is 332 g/mol. The van der Waals surface area contributed by atoms with Crippen molar-refractivity contribution >= 4 is 29.6 Å². The predicted molar refractivity (Wildman–Crippen MR) is 81.8 cm³/mol. The van der Waals surface area contributed by atoms with Crippen molar-refractivity contribution in [2.24, 2.45) is 0 Å². The second-order valence-electron chi connectivity index (χ2n) is 4.67. The average Bonchev–Trinajstić information content (AvgIpc) is 2.38. The summed E-state index contributed by atoms with van der Waals surface area (Å²) in [4.78, 5) is 0.329. The fourth-order valence-corrected chi connectivity index (χ4v) is 3.26. The lowest BCUT2D eigenvalue weighted by molar-refractivity contribution is 0.601. The highest BCUT2D eigenvalue weighted by Crippen LogP contribution is 2.18. The summed E-state index contributed by atoms with van der Waals surface area (Å²) in [6.07, 6.45) is 1.74. The van der Waals surface area contributed by atoms with E-state index in [1.165, 1.54) is 12.1 Å². The van der Waals surface area contributed by atoms with Crippen LogP contribution in [0, 0.1) is 0 Å². The zero-order chi connectivity index (χ0) is 15.7. The van der Waals surface area contributed by atoms with E-state index in [0.717, 1.165) is 17.4 Å². The van der Waals surface area contributed by atoms with E-state index in [1.54, 1.807) is 36.4 Å². The summed E-state index contributed by atoms with van der Waals surface area (Å²) in [6.45, 7) is 0. The number of halogens is 1. The van der Waals surface area contributed by atoms with Crippen molar-refractivity contribution < 1.29 is 16.8 Å². The molecule has 2 rings (SSSR count). The van der Waals surface area contributed by atoms with Gasteiger partial charge in [-0.15, -0.1) is 0 Å². The number of hydrogen-bond acceptors (Lipinski definition) is 4. The zero-order valence-corrected chi connectivity index (χ0v) is 13.5. The van der Waals surface area contributed by atoms with Crippen LogP contribution in [-0.2, 0) is 25.3 Å². The maximum atomic E-state index is 11.4. The summed E-state index contributed by atoms with van der Waals surface area (Å²) >= 11 is 0. The van der Waals surface area contributed by atoms with Crippen molar-refractivity contribution in [1.29, 1.82) is 0 Å². The highest BCUT2D eigenvalue weighted by Gasteiger charge is 2.09. The zero-order valence-electron chi connectivity index (χ0n) is 11.2. The van der Waals surface area contributed by atoms with Crippen LogP contribution in [0.15, 0.2) is 58.3 Å². The van der Waals surface area contributed by atoms with Gasteiger partial charge >= 0.3 is 0 Å².